The van der Waals surface area contributed by atoms with Crippen molar-refractivity contribution in [2.75, 3.05) is 13.2 Å². The highest BCUT2D eigenvalue weighted by Gasteiger charge is 2.33. The van der Waals surface area contributed by atoms with Crippen LogP contribution < -0.4 is 11.5 Å². The molecule has 0 aromatic carbocycles. The number of aliphatic imine (C=N–C) groups is 1. The lowest BCUT2D eigenvalue weighted by Gasteiger charge is -2.18. The zero-order chi connectivity index (χ0) is 13.5. The minimum atomic E-state index is -2.07. The average Bonchev–Trinajstić information content (AvgIpc) is 2.25. The summed E-state index contributed by atoms with van der Waals surface area (Å²) in [5.74, 6) is -1.75. The van der Waals surface area contributed by atoms with E-state index in [1.165, 1.54) is 0 Å². The van der Waals surface area contributed by atoms with Crippen molar-refractivity contribution in [2.24, 2.45) is 16.5 Å². The Labute approximate surface area is 123 Å². The van der Waals surface area contributed by atoms with Crippen molar-refractivity contribution in [3.8, 4) is 0 Å². The van der Waals surface area contributed by atoms with E-state index in [1.807, 2.05) is 0 Å². The Hall–Kier alpha value is -0.920. The molecule has 114 valence electrons. The number of amidine groups is 1. The summed E-state index contributed by atoms with van der Waals surface area (Å²) in [5.41, 5.74) is 8.41. The minimum Gasteiger partial charge on any atom is -0.480 e. The number of hydrogen-bond acceptors (Lipinski definition) is 3. The van der Waals surface area contributed by atoms with Crippen LogP contribution in [0, 0.1) is 0 Å². The molecule has 0 radical (unpaired) electrons. The standard InChI is InChI=1S/C10H17F2N3O2.2ClH/c1-7(13)15-5-3-8(12)2-4-10(14,6-11)9(16)17;;/h2H,3-6,14H2,1H3,(H2,13,15)(H,16,17);2*1H/b8-2-;;/t10-;;/m1../s1. The van der Waals surface area contributed by atoms with Crippen molar-refractivity contribution in [3.05, 3.63) is 11.9 Å². The fourth-order valence-corrected chi connectivity index (χ4v) is 0.933. The number of rotatable bonds is 7. The number of alkyl halides is 1. The summed E-state index contributed by atoms with van der Waals surface area (Å²) in [7, 11) is 0. The van der Waals surface area contributed by atoms with Crippen LogP contribution in [0.2, 0.25) is 0 Å². The van der Waals surface area contributed by atoms with Gasteiger partial charge in [-0.2, -0.15) is 0 Å². The van der Waals surface area contributed by atoms with Gasteiger partial charge in [0, 0.05) is 13.0 Å². The van der Waals surface area contributed by atoms with E-state index in [1.54, 1.807) is 6.92 Å². The molecule has 0 saturated heterocycles. The van der Waals surface area contributed by atoms with Gasteiger partial charge < -0.3 is 16.6 Å². The molecule has 0 aliphatic rings. The second-order valence-electron chi connectivity index (χ2n) is 3.72. The molecule has 1 atom stereocenters. The third-order valence-corrected chi connectivity index (χ3v) is 2.06. The maximum absolute atomic E-state index is 13.2. The number of nitrogens with two attached hydrogens (primary N) is 2. The van der Waals surface area contributed by atoms with Gasteiger partial charge in [-0.05, 0) is 13.3 Å². The highest BCUT2D eigenvalue weighted by atomic mass is 35.5. The van der Waals surface area contributed by atoms with Gasteiger partial charge in [0.25, 0.3) is 0 Å². The number of carboxylic acid groups (broad SMARTS) is 1. The van der Waals surface area contributed by atoms with E-state index >= 15 is 0 Å². The molecule has 9 heteroatoms. The number of nitrogens with zero attached hydrogens (tertiary/aromatic N) is 1. The van der Waals surface area contributed by atoms with Crippen LogP contribution in [0.15, 0.2) is 16.9 Å². The number of carboxylic acids is 1. The molecule has 0 bridgehead atoms. The molecule has 5 nitrogen and oxygen atoms in total. The van der Waals surface area contributed by atoms with Crippen LogP contribution in [0.25, 0.3) is 0 Å². The summed E-state index contributed by atoms with van der Waals surface area (Å²) in [6, 6.07) is 0. The summed E-state index contributed by atoms with van der Waals surface area (Å²) in [4.78, 5) is 14.4. The van der Waals surface area contributed by atoms with E-state index < -0.39 is 30.4 Å². The van der Waals surface area contributed by atoms with E-state index in [0.29, 0.717) is 5.84 Å². The Balaban J connectivity index is -0.00000128. The first-order valence-corrected chi connectivity index (χ1v) is 5.01. The number of carbonyl (C=O) groups is 1. The van der Waals surface area contributed by atoms with E-state index in [4.69, 9.17) is 16.6 Å². The molecule has 0 amide bonds. The molecule has 0 aliphatic heterocycles. The number of halogens is 4. The monoisotopic (exact) mass is 321 g/mol. The van der Waals surface area contributed by atoms with Gasteiger partial charge in [-0.15, -0.1) is 24.8 Å². The van der Waals surface area contributed by atoms with Crippen molar-refractivity contribution in [2.45, 2.75) is 25.3 Å². The Morgan fingerprint density at radius 3 is 2.37 bits per heavy atom. The van der Waals surface area contributed by atoms with E-state index in [9.17, 15) is 13.6 Å². The maximum atomic E-state index is 13.2. The molecule has 0 heterocycles. The van der Waals surface area contributed by atoms with Gasteiger partial charge in [-0.3, -0.25) is 9.79 Å². The Kier molecular flexibility index (Phi) is 13.4. The summed E-state index contributed by atoms with van der Waals surface area (Å²) < 4.78 is 25.6. The lowest BCUT2D eigenvalue weighted by molar-refractivity contribution is -0.143. The molecule has 5 N–H and O–H groups in total. The predicted molar refractivity (Wildman–Crippen MR) is 75.6 cm³/mol. The third-order valence-electron chi connectivity index (χ3n) is 2.06. The molecule has 0 aliphatic carbocycles. The summed E-state index contributed by atoms with van der Waals surface area (Å²) >= 11 is 0. The van der Waals surface area contributed by atoms with Gasteiger partial charge in [-0.1, -0.05) is 6.08 Å². The quantitative estimate of drug-likeness (QED) is 0.489. The zero-order valence-electron chi connectivity index (χ0n) is 10.4. The van der Waals surface area contributed by atoms with Gasteiger partial charge in [0.15, 0.2) is 0 Å². The van der Waals surface area contributed by atoms with Crippen LogP contribution in [0.5, 0.6) is 0 Å². The van der Waals surface area contributed by atoms with Gasteiger partial charge in [-0.25, -0.2) is 8.78 Å². The number of hydrogen-bond donors (Lipinski definition) is 3. The molecule has 19 heavy (non-hydrogen) atoms. The van der Waals surface area contributed by atoms with Gasteiger partial charge in [0.05, 0.1) is 11.7 Å². The lowest BCUT2D eigenvalue weighted by atomic mass is 9.98. The minimum absolute atomic E-state index is 0. The summed E-state index contributed by atoms with van der Waals surface area (Å²) in [6.07, 6.45) is 0.543. The molecule has 0 fully saturated rings. The topological polar surface area (TPSA) is 102 Å². The van der Waals surface area contributed by atoms with Gasteiger partial charge >= 0.3 is 5.97 Å². The molecular weight excluding hydrogens is 303 g/mol. The molecule has 0 aromatic heterocycles. The van der Waals surface area contributed by atoms with E-state index in [-0.39, 0.29) is 37.8 Å². The van der Waals surface area contributed by atoms with Gasteiger partial charge in [0.2, 0.25) is 0 Å². The Morgan fingerprint density at radius 1 is 1.47 bits per heavy atom. The van der Waals surface area contributed by atoms with Crippen LogP contribution in [0.1, 0.15) is 19.8 Å². The second-order valence-corrected chi connectivity index (χ2v) is 3.72. The predicted octanol–water partition coefficient (Wildman–Crippen LogP) is 1.59. The molecular formula is C10H19Cl2F2N3O2. The van der Waals surface area contributed by atoms with Crippen LogP contribution >= 0.6 is 24.8 Å². The first kappa shape index (κ1) is 23.2. The van der Waals surface area contributed by atoms with Crippen molar-refractivity contribution in [1.29, 1.82) is 0 Å². The van der Waals surface area contributed by atoms with Gasteiger partial charge in [0.1, 0.15) is 12.2 Å². The molecule has 0 unspecified atom stereocenters. The Bertz CT molecular complexity index is 337. The van der Waals surface area contributed by atoms with Crippen LogP contribution in [-0.2, 0) is 4.79 Å². The fourth-order valence-electron chi connectivity index (χ4n) is 0.933. The van der Waals surface area contributed by atoms with Crippen molar-refractivity contribution >= 4 is 36.6 Å². The summed E-state index contributed by atoms with van der Waals surface area (Å²) in [6.45, 7) is 0.469. The number of aliphatic carboxylic acids is 1. The highest BCUT2D eigenvalue weighted by Crippen LogP contribution is 2.13. The smallest absolute Gasteiger partial charge is 0.326 e. The van der Waals surface area contributed by atoms with Crippen molar-refractivity contribution in [1.82, 2.24) is 0 Å². The summed E-state index contributed by atoms with van der Waals surface area (Å²) in [5, 5.41) is 8.64. The largest absolute Gasteiger partial charge is 0.480 e. The highest BCUT2D eigenvalue weighted by molar-refractivity contribution is 5.85. The molecule has 0 rings (SSSR count). The second kappa shape index (κ2) is 11.0. The molecule has 0 saturated carbocycles. The van der Waals surface area contributed by atoms with Crippen LogP contribution in [0.4, 0.5) is 8.78 Å². The normalized spacial score (nSPS) is 14.9. The lowest BCUT2D eigenvalue weighted by Crippen LogP contribution is -2.49. The van der Waals surface area contributed by atoms with Crippen molar-refractivity contribution in [3.63, 3.8) is 0 Å². The Morgan fingerprint density at radius 2 is 2.00 bits per heavy atom. The maximum Gasteiger partial charge on any atom is 0.326 e. The molecule has 0 aromatic rings. The zero-order valence-corrected chi connectivity index (χ0v) is 12.1. The SMILES string of the molecule is CC(N)=NCC/C(F)=C/C[C@@](N)(CF)C(=O)O.Cl.Cl. The van der Waals surface area contributed by atoms with Crippen LogP contribution in [-0.4, -0.2) is 35.7 Å². The van der Waals surface area contributed by atoms with Crippen molar-refractivity contribution < 1.29 is 18.7 Å². The first-order valence-electron chi connectivity index (χ1n) is 5.01. The first-order chi connectivity index (χ1) is 7.81. The fraction of sp³-hybridized carbons (Fsp3) is 0.600. The average molecular weight is 322 g/mol. The van der Waals surface area contributed by atoms with Crippen LogP contribution in [0.3, 0.4) is 0 Å². The van der Waals surface area contributed by atoms with E-state index in [0.717, 1.165) is 6.08 Å². The molecule has 0 spiro atoms. The third kappa shape index (κ3) is 9.63. The van der Waals surface area contributed by atoms with E-state index in [2.05, 4.69) is 4.99 Å².